The Bertz CT molecular complexity index is 512. The number of hydrogen-bond donors (Lipinski definition) is 1. The van der Waals surface area contributed by atoms with E-state index in [1.54, 1.807) is 12.3 Å². The minimum atomic E-state index is -0.255. The van der Waals surface area contributed by atoms with E-state index in [2.05, 4.69) is 23.3 Å². The fourth-order valence-electron chi connectivity index (χ4n) is 3.54. The summed E-state index contributed by atoms with van der Waals surface area (Å²) in [6.45, 7) is 7.27. The van der Waals surface area contributed by atoms with E-state index in [4.69, 9.17) is 0 Å². The largest absolute Gasteiger partial charge is 0.503 e. The molecule has 4 nitrogen and oxygen atoms in total. The molecule has 1 fully saturated rings. The molecule has 0 aromatic carbocycles. The van der Waals surface area contributed by atoms with Crippen molar-refractivity contribution in [1.29, 1.82) is 0 Å². The van der Waals surface area contributed by atoms with E-state index in [-0.39, 0.29) is 11.2 Å². The first-order valence-electron chi connectivity index (χ1n) is 8.82. The van der Waals surface area contributed by atoms with Crippen molar-refractivity contribution < 1.29 is 5.11 Å². The molecule has 0 spiro atoms. The first kappa shape index (κ1) is 17.1. The number of aromatic nitrogens is 1. The third kappa shape index (κ3) is 4.35. The van der Waals surface area contributed by atoms with Gasteiger partial charge < -0.3 is 9.67 Å². The molecule has 1 heterocycles. The predicted octanol–water partition coefficient (Wildman–Crippen LogP) is 3.68. The summed E-state index contributed by atoms with van der Waals surface area (Å²) in [5.41, 5.74) is 0.798. The lowest BCUT2D eigenvalue weighted by Crippen LogP contribution is -2.29. The van der Waals surface area contributed by atoms with Gasteiger partial charge in [0.15, 0.2) is 5.75 Å². The normalized spacial score (nSPS) is 16.3. The van der Waals surface area contributed by atoms with Gasteiger partial charge in [0.1, 0.15) is 0 Å². The van der Waals surface area contributed by atoms with Crippen molar-refractivity contribution in [3.63, 3.8) is 0 Å². The van der Waals surface area contributed by atoms with Crippen LogP contribution < -0.4 is 5.43 Å². The maximum atomic E-state index is 11.9. The number of hydrogen-bond acceptors (Lipinski definition) is 3. The van der Waals surface area contributed by atoms with Crippen molar-refractivity contribution in [2.75, 3.05) is 13.1 Å². The smallest absolute Gasteiger partial charge is 0.223 e. The Morgan fingerprint density at radius 3 is 2.41 bits per heavy atom. The highest BCUT2D eigenvalue weighted by Gasteiger charge is 2.19. The van der Waals surface area contributed by atoms with E-state index in [1.165, 1.54) is 19.3 Å². The van der Waals surface area contributed by atoms with Gasteiger partial charge in [-0.25, -0.2) is 0 Å². The van der Waals surface area contributed by atoms with E-state index in [0.717, 1.165) is 51.0 Å². The highest BCUT2D eigenvalue weighted by Crippen LogP contribution is 2.30. The van der Waals surface area contributed by atoms with Crippen LogP contribution in [0.25, 0.3) is 0 Å². The van der Waals surface area contributed by atoms with Gasteiger partial charge >= 0.3 is 0 Å². The van der Waals surface area contributed by atoms with Gasteiger partial charge in [-0.05, 0) is 38.8 Å². The second-order valence-electron chi connectivity index (χ2n) is 6.49. The minimum absolute atomic E-state index is 0.119. The summed E-state index contributed by atoms with van der Waals surface area (Å²) in [6.07, 6.45) is 9.99. The molecule has 1 aromatic rings. The summed E-state index contributed by atoms with van der Waals surface area (Å²) in [6, 6.07) is 2.07. The zero-order chi connectivity index (χ0) is 15.9. The lowest BCUT2D eigenvalue weighted by molar-refractivity contribution is 0.249. The Kier molecular flexibility index (Phi) is 6.49. The third-order valence-electron chi connectivity index (χ3n) is 4.58. The average molecular weight is 306 g/mol. The summed E-state index contributed by atoms with van der Waals surface area (Å²) >= 11 is 0. The molecule has 0 bridgehead atoms. The lowest BCUT2D eigenvalue weighted by atomic mass is 9.95. The summed E-state index contributed by atoms with van der Waals surface area (Å²) in [5.74, 6) is -0.119. The van der Waals surface area contributed by atoms with E-state index in [0.29, 0.717) is 6.04 Å². The van der Waals surface area contributed by atoms with Gasteiger partial charge in [-0.3, -0.25) is 9.69 Å². The van der Waals surface area contributed by atoms with Crippen LogP contribution in [0.3, 0.4) is 0 Å². The van der Waals surface area contributed by atoms with Crippen LogP contribution in [0.1, 0.15) is 70.5 Å². The molecule has 1 saturated carbocycles. The zero-order valence-corrected chi connectivity index (χ0v) is 14.1. The van der Waals surface area contributed by atoms with Crippen LogP contribution in [-0.4, -0.2) is 27.7 Å². The standard InChI is InChI=1S/C18H30N2O2/c1-3-10-19(11-4-2)13-16-12-17(21)18(22)14-20(16)15-8-6-5-7-9-15/h12,14-15,22H,3-11,13H2,1-2H3. The molecule has 1 aliphatic carbocycles. The highest BCUT2D eigenvalue weighted by molar-refractivity contribution is 5.21. The summed E-state index contributed by atoms with van der Waals surface area (Å²) < 4.78 is 2.17. The summed E-state index contributed by atoms with van der Waals surface area (Å²) in [7, 11) is 0. The predicted molar refractivity (Wildman–Crippen MR) is 90.3 cm³/mol. The molecular formula is C18H30N2O2. The molecule has 0 unspecified atom stereocenters. The molecule has 0 radical (unpaired) electrons. The zero-order valence-electron chi connectivity index (χ0n) is 14.1. The number of pyridine rings is 1. The van der Waals surface area contributed by atoms with E-state index >= 15 is 0 Å². The van der Waals surface area contributed by atoms with Crippen molar-refractivity contribution in [3.05, 3.63) is 28.2 Å². The van der Waals surface area contributed by atoms with Gasteiger partial charge in [0.2, 0.25) is 5.43 Å². The second-order valence-corrected chi connectivity index (χ2v) is 6.49. The van der Waals surface area contributed by atoms with Crippen LogP contribution in [0.5, 0.6) is 5.75 Å². The molecule has 2 rings (SSSR count). The SMILES string of the molecule is CCCN(CCC)Cc1cc(=O)c(O)cn1C1CCCCC1. The van der Waals surface area contributed by atoms with Gasteiger partial charge in [0.05, 0.1) is 6.20 Å². The first-order chi connectivity index (χ1) is 10.7. The third-order valence-corrected chi connectivity index (χ3v) is 4.58. The van der Waals surface area contributed by atoms with Crippen LogP contribution in [0.4, 0.5) is 0 Å². The fraction of sp³-hybridized carbons (Fsp3) is 0.722. The van der Waals surface area contributed by atoms with Crippen LogP contribution in [-0.2, 0) is 6.54 Å². The Morgan fingerprint density at radius 1 is 1.18 bits per heavy atom. The molecule has 0 atom stereocenters. The van der Waals surface area contributed by atoms with Crippen LogP contribution in [0.2, 0.25) is 0 Å². The van der Waals surface area contributed by atoms with Crippen molar-refractivity contribution in [3.8, 4) is 5.75 Å². The maximum absolute atomic E-state index is 11.9. The maximum Gasteiger partial charge on any atom is 0.223 e. The van der Waals surface area contributed by atoms with Crippen molar-refractivity contribution in [2.45, 2.75) is 71.4 Å². The topological polar surface area (TPSA) is 45.5 Å². The molecular weight excluding hydrogens is 276 g/mol. The monoisotopic (exact) mass is 306 g/mol. The van der Waals surface area contributed by atoms with Gasteiger partial charge in [0, 0.05) is 24.3 Å². The Morgan fingerprint density at radius 2 is 1.82 bits per heavy atom. The summed E-state index contributed by atoms with van der Waals surface area (Å²) in [5, 5.41) is 9.85. The molecule has 1 N–H and O–H groups in total. The van der Waals surface area contributed by atoms with E-state index in [9.17, 15) is 9.90 Å². The minimum Gasteiger partial charge on any atom is -0.503 e. The molecule has 1 aromatic heterocycles. The van der Waals surface area contributed by atoms with Crippen LogP contribution >= 0.6 is 0 Å². The molecule has 0 aliphatic heterocycles. The summed E-state index contributed by atoms with van der Waals surface area (Å²) in [4.78, 5) is 14.3. The van der Waals surface area contributed by atoms with Crippen molar-refractivity contribution in [2.24, 2.45) is 0 Å². The Labute approximate surface area is 133 Å². The van der Waals surface area contributed by atoms with Crippen molar-refractivity contribution in [1.82, 2.24) is 9.47 Å². The second kappa shape index (κ2) is 8.37. The Hall–Kier alpha value is -1.29. The molecule has 0 amide bonds. The van der Waals surface area contributed by atoms with Gasteiger partial charge in [0.25, 0.3) is 0 Å². The number of rotatable bonds is 7. The molecule has 22 heavy (non-hydrogen) atoms. The van der Waals surface area contributed by atoms with E-state index < -0.39 is 0 Å². The van der Waals surface area contributed by atoms with Crippen LogP contribution in [0.15, 0.2) is 17.1 Å². The highest BCUT2D eigenvalue weighted by atomic mass is 16.3. The lowest BCUT2D eigenvalue weighted by Gasteiger charge is -2.30. The van der Waals surface area contributed by atoms with E-state index in [1.807, 2.05) is 0 Å². The van der Waals surface area contributed by atoms with Gasteiger partial charge in [-0.2, -0.15) is 0 Å². The molecule has 4 heteroatoms. The van der Waals surface area contributed by atoms with Crippen LogP contribution in [0, 0.1) is 0 Å². The molecule has 124 valence electrons. The van der Waals surface area contributed by atoms with Gasteiger partial charge in [-0.15, -0.1) is 0 Å². The number of nitrogens with zero attached hydrogens (tertiary/aromatic N) is 2. The molecule has 1 aliphatic rings. The average Bonchev–Trinajstić information content (AvgIpc) is 2.52. The first-order valence-corrected chi connectivity index (χ1v) is 8.82. The number of aromatic hydroxyl groups is 1. The quantitative estimate of drug-likeness (QED) is 0.836. The molecule has 0 saturated heterocycles. The van der Waals surface area contributed by atoms with Crippen molar-refractivity contribution >= 4 is 0 Å². The Balaban J connectivity index is 2.27. The fourth-order valence-corrected chi connectivity index (χ4v) is 3.54. The van der Waals surface area contributed by atoms with Gasteiger partial charge in [-0.1, -0.05) is 33.1 Å².